The first kappa shape index (κ1) is 16.1. The van der Waals surface area contributed by atoms with Gasteiger partial charge in [0.15, 0.2) is 0 Å². The Morgan fingerprint density at radius 3 is 2.58 bits per heavy atom. The molecule has 3 saturated heterocycles. The second-order valence-electron chi connectivity index (χ2n) is 7.67. The summed E-state index contributed by atoms with van der Waals surface area (Å²) in [6.45, 7) is 6.73. The molecule has 3 aliphatic heterocycles. The summed E-state index contributed by atoms with van der Waals surface area (Å²) < 4.78 is 0. The fourth-order valence-electron chi connectivity index (χ4n) is 4.74. The topological polar surface area (TPSA) is 43.9 Å². The van der Waals surface area contributed by atoms with Gasteiger partial charge in [0, 0.05) is 45.2 Å². The number of nitrogens with zero attached hydrogens (tertiary/aromatic N) is 3. The van der Waals surface area contributed by atoms with E-state index < -0.39 is 0 Å². The smallest absolute Gasteiger partial charge is 0.264 e. The highest BCUT2D eigenvalue weighted by atomic mass is 32.1. The number of hydrogen-bond donors (Lipinski definition) is 0. The van der Waals surface area contributed by atoms with Gasteiger partial charge in [-0.05, 0) is 43.8 Å². The van der Waals surface area contributed by atoms with Crippen molar-refractivity contribution in [3.63, 3.8) is 0 Å². The van der Waals surface area contributed by atoms with E-state index in [9.17, 15) is 9.59 Å². The van der Waals surface area contributed by atoms with Gasteiger partial charge in [-0.15, -0.1) is 11.3 Å². The Balaban J connectivity index is 1.59. The quantitative estimate of drug-likeness (QED) is 0.818. The average Bonchev–Trinajstić information content (AvgIpc) is 3.28. The number of hydrogen-bond acceptors (Lipinski definition) is 4. The Labute approximate surface area is 147 Å². The van der Waals surface area contributed by atoms with Crippen LogP contribution in [-0.2, 0) is 4.79 Å². The summed E-state index contributed by atoms with van der Waals surface area (Å²) in [5.74, 6) is 0.653. The first-order chi connectivity index (χ1) is 11.5. The SMILES string of the molecule is Cc1ccsc1C(=O)N1C[C@@H]2CN(C)C[C@]2(C(=O)N2CCCC2)C1. The lowest BCUT2D eigenvalue weighted by molar-refractivity contribution is -0.141. The van der Waals surface area contributed by atoms with Crippen molar-refractivity contribution in [2.75, 3.05) is 46.3 Å². The molecule has 0 aliphatic carbocycles. The predicted octanol–water partition coefficient (Wildman–Crippen LogP) is 1.68. The van der Waals surface area contributed by atoms with Gasteiger partial charge < -0.3 is 14.7 Å². The highest BCUT2D eigenvalue weighted by molar-refractivity contribution is 7.12. The van der Waals surface area contributed by atoms with Crippen LogP contribution in [0.2, 0.25) is 0 Å². The summed E-state index contributed by atoms with van der Waals surface area (Å²) in [5, 5.41) is 1.97. The number of likely N-dealkylation sites (tertiary alicyclic amines) is 3. The maximum atomic E-state index is 13.3. The van der Waals surface area contributed by atoms with E-state index >= 15 is 0 Å². The molecule has 0 bridgehead atoms. The summed E-state index contributed by atoms with van der Waals surface area (Å²) in [6.07, 6.45) is 2.22. The standard InChI is InChI=1S/C18H25N3O2S/c1-13-5-8-24-15(13)16(22)21-10-14-9-19(2)11-18(14,12-21)17(23)20-6-3-4-7-20/h5,8,14H,3-4,6-7,9-12H2,1-2H3/t14-,18-/m0/s1. The minimum Gasteiger partial charge on any atom is -0.342 e. The molecule has 0 spiro atoms. The molecule has 0 radical (unpaired) electrons. The first-order valence-electron chi connectivity index (χ1n) is 8.82. The second kappa shape index (κ2) is 5.85. The lowest BCUT2D eigenvalue weighted by Gasteiger charge is -2.32. The number of carbonyl (C=O) groups excluding carboxylic acids is 2. The minimum atomic E-state index is -0.389. The zero-order valence-corrected chi connectivity index (χ0v) is 15.3. The van der Waals surface area contributed by atoms with Gasteiger partial charge in [0.25, 0.3) is 5.91 Å². The van der Waals surface area contributed by atoms with Crippen LogP contribution < -0.4 is 0 Å². The molecule has 2 amide bonds. The van der Waals surface area contributed by atoms with Gasteiger partial charge in [-0.3, -0.25) is 9.59 Å². The first-order valence-corrected chi connectivity index (χ1v) is 9.70. The summed E-state index contributed by atoms with van der Waals surface area (Å²) in [4.78, 5) is 33.3. The molecule has 4 rings (SSSR count). The number of aryl methyl sites for hydroxylation is 1. The van der Waals surface area contributed by atoms with Crippen molar-refractivity contribution in [2.45, 2.75) is 19.8 Å². The van der Waals surface area contributed by atoms with Crippen LogP contribution in [-0.4, -0.2) is 72.8 Å². The van der Waals surface area contributed by atoms with Crippen LogP contribution in [0.25, 0.3) is 0 Å². The third-order valence-corrected chi connectivity index (χ3v) is 6.95. The maximum Gasteiger partial charge on any atom is 0.264 e. The van der Waals surface area contributed by atoms with Gasteiger partial charge in [-0.1, -0.05) is 0 Å². The van der Waals surface area contributed by atoms with E-state index in [1.807, 2.05) is 28.2 Å². The van der Waals surface area contributed by atoms with E-state index in [4.69, 9.17) is 0 Å². The fraction of sp³-hybridized carbons (Fsp3) is 0.667. The van der Waals surface area contributed by atoms with E-state index in [0.29, 0.717) is 13.1 Å². The molecule has 1 aromatic heterocycles. The summed E-state index contributed by atoms with van der Waals surface area (Å²) in [5.41, 5.74) is 0.652. The summed E-state index contributed by atoms with van der Waals surface area (Å²) in [7, 11) is 2.09. The lowest BCUT2D eigenvalue weighted by Crippen LogP contribution is -2.48. The van der Waals surface area contributed by atoms with Crippen molar-refractivity contribution in [1.29, 1.82) is 0 Å². The number of rotatable bonds is 2. The molecule has 24 heavy (non-hydrogen) atoms. The van der Waals surface area contributed by atoms with Gasteiger partial charge in [0.05, 0.1) is 10.3 Å². The lowest BCUT2D eigenvalue weighted by atomic mass is 9.79. The highest BCUT2D eigenvalue weighted by Crippen LogP contribution is 2.44. The van der Waals surface area contributed by atoms with Gasteiger partial charge >= 0.3 is 0 Å². The molecule has 4 heterocycles. The number of amides is 2. The average molecular weight is 347 g/mol. The van der Waals surface area contributed by atoms with E-state index in [2.05, 4.69) is 11.9 Å². The van der Waals surface area contributed by atoms with E-state index in [1.165, 1.54) is 11.3 Å². The molecule has 130 valence electrons. The van der Waals surface area contributed by atoms with E-state index in [1.54, 1.807) is 0 Å². The van der Waals surface area contributed by atoms with Gasteiger partial charge in [0.2, 0.25) is 5.91 Å². The van der Waals surface area contributed by atoms with Crippen LogP contribution in [0.3, 0.4) is 0 Å². The van der Waals surface area contributed by atoms with E-state index in [0.717, 1.165) is 49.5 Å². The molecule has 0 unspecified atom stereocenters. The van der Waals surface area contributed by atoms with Crippen LogP contribution in [0.5, 0.6) is 0 Å². The van der Waals surface area contributed by atoms with Crippen molar-refractivity contribution < 1.29 is 9.59 Å². The van der Waals surface area contributed by atoms with Crippen molar-refractivity contribution in [1.82, 2.24) is 14.7 Å². The van der Waals surface area contributed by atoms with Gasteiger partial charge in [-0.25, -0.2) is 0 Å². The molecule has 0 N–H and O–H groups in total. The summed E-state index contributed by atoms with van der Waals surface area (Å²) in [6, 6.07) is 1.99. The largest absolute Gasteiger partial charge is 0.342 e. The molecular weight excluding hydrogens is 322 g/mol. The zero-order chi connectivity index (χ0) is 16.9. The Morgan fingerprint density at radius 2 is 1.92 bits per heavy atom. The second-order valence-corrected chi connectivity index (χ2v) is 8.58. The summed E-state index contributed by atoms with van der Waals surface area (Å²) >= 11 is 1.51. The Kier molecular flexibility index (Phi) is 3.92. The predicted molar refractivity (Wildman–Crippen MR) is 94.2 cm³/mol. The molecule has 2 atom stereocenters. The molecule has 6 heteroatoms. The Morgan fingerprint density at radius 1 is 1.17 bits per heavy atom. The number of carbonyl (C=O) groups is 2. The van der Waals surface area contributed by atoms with Gasteiger partial charge in [0.1, 0.15) is 0 Å². The van der Waals surface area contributed by atoms with Crippen molar-refractivity contribution >= 4 is 23.2 Å². The van der Waals surface area contributed by atoms with Crippen LogP contribution in [0, 0.1) is 18.3 Å². The van der Waals surface area contributed by atoms with E-state index in [-0.39, 0.29) is 23.1 Å². The maximum absolute atomic E-state index is 13.3. The van der Waals surface area contributed by atoms with Crippen LogP contribution >= 0.6 is 11.3 Å². The monoisotopic (exact) mass is 347 g/mol. The fourth-order valence-corrected chi connectivity index (χ4v) is 5.64. The highest BCUT2D eigenvalue weighted by Gasteiger charge is 2.58. The Hall–Kier alpha value is -1.40. The third kappa shape index (κ3) is 2.39. The molecular formula is C18H25N3O2S. The molecule has 0 saturated carbocycles. The van der Waals surface area contributed by atoms with Crippen LogP contribution in [0.4, 0.5) is 0 Å². The molecule has 3 fully saturated rings. The Bertz CT molecular complexity index is 667. The minimum absolute atomic E-state index is 0.105. The number of thiophene rings is 1. The van der Waals surface area contributed by atoms with Crippen LogP contribution in [0.15, 0.2) is 11.4 Å². The molecule has 1 aromatic rings. The van der Waals surface area contributed by atoms with Crippen LogP contribution in [0.1, 0.15) is 28.1 Å². The van der Waals surface area contributed by atoms with Gasteiger partial charge in [-0.2, -0.15) is 0 Å². The molecule has 3 aliphatic rings. The van der Waals surface area contributed by atoms with Crippen molar-refractivity contribution in [2.24, 2.45) is 11.3 Å². The normalized spacial score (nSPS) is 30.2. The van der Waals surface area contributed by atoms with Crippen molar-refractivity contribution in [3.8, 4) is 0 Å². The number of fused-ring (bicyclic) bond motifs is 1. The third-order valence-electron chi connectivity index (χ3n) is 5.94. The molecule has 0 aromatic carbocycles. The molecule has 5 nitrogen and oxygen atoms in total. The zero-order valence-electron chi connectivity index (χ0n) is 14.5. The van der Waals surface area contributed by atoms with Crippen molar-refractivity contribution in [3.05, 3.63) is 21.9 Å².